The van der Waals surface area contributed by atoms with Gasteiger partial charge in [-0.15, -0.1) is 0 Å². The number of carbonyl (C=O) groups excluding carboxylic acids is 1. The molecule has 1 unspecified atom stereocenters. The topological polar surface area (TPSA) is 41.1 Å². The van der Waals surface area contributed by atoms with Crippen LogP contribution in [0.2, 0.25) is 0 Å². The van der Waals surface area contributed by atoms with E-state index in [0.717, 1.165) is 18.9 Å². The van der Waals surface area contributed by atoms with Crippen LogP contribution in [-0.4, -0.2) is 24.5 Å². The van der Waals surface area contributed by atoms with Crippen molar-refractivity contribution in [2.75, 3.05) is 6.54 Å². The summed E-state index contributed by atoms with van der Waals surface area (Å²) in [4.78, 5) is 11.0. The fourth-order valence-corrected chi connectivity index (χ4v) is 2.64. The second-order valence-electron chi connectivity index (χ2n) is 5.16. The maximum atomic E-state index is 11.0. The lowest BCUT2D eigenvalue weighted by atomic mass is 9.87. The van der Waals surface area contributed by atoms with E-state index in [1.165, 1.54) is 25.7 Å². The van der Waals surface area contributed by atoms with Gasteiger partial charge in [-0.1, -0.05) is 6.92 Å². The van der Waals surface area contributed by atoms with Gasteiger partial charge in [0.05, 0.1) is 0 Å². The minimum atomic E-state index is 0.213. The zero-order valence-corrected chi connectivity index (χ0v) is 9.59. The van der Waals surface area contributed by atoms with E-state index in [4.69, 9.17) is 0 Å². The number of hydrogen-bond donors (Lipinski definition) is 2. The first kappa shape index (κ1) is 10.9. The van der Waals surface area contributed by atoms with Crippen LogP contribution in [-0.2, 0) is 4.79 Å². The zero-order valence-electron chi connectivity index (χ0n) is 9.59. The first-order chi connectivity index (χ1) is 7.24. The fourth-order valence-electron chi connectivity index (χ4n) is 2.64. The van der Waals surface area contributed by atoms with Crippen molar-refractivity contribution in [3.8, 4) is 0 Å². The Morgan fingerprint density at radius 1 is 1.13 bits per heavy atom. The molecule has 1 saturated carbocycles. The highest BCUT2D eigenvalue weighted by Gasteiger charge is 2.23. The average Bonchev–Trinajstić information content (AvgIpc) is 2.25. The lowest BCUT2D eigenvalue weighted by molar-refractivity contribution is -0.122. The molecule has 2 fully saturated rings. The van der Waals surface area contributed by atoms with Gasteiger partial charge in [0.2, 0.25) is 5.91 Å². The van der Waals surface area contributed by atoms with Gasteiger partial charge in [0.15, 0.2) is 0 Å². The second-order valence-corrected chi connectivity index (χ2v) is 5.16. The number of piperidine rings is 1. The molecule has 3 nitrogen and oxygen atoms in total. The molecule has 86 valence electrons. The molecule has 2 N–H and O–H groups in total. The number of carbonyl (C=O) groups is 1. The van der Waals surface area contributed by atoms with E-state index >= 15 is 0 Å². The van der Waals surface area contributed by atoms with Gasteiger partial charge in [-0.05, 0) is 38.0 Å². The van der Waals surface area contributed by atoms with Crippen LogP contribution in [0.4, 0.5) is 0 Å². The maximum absolute atomic E-state index is 11.0. The Kier molecular flexibility index (Phi) is 3.62. The lowest BCUT2D eigenvalue weighted by Gasteiger charge is -2.32. The molecule has 3 heteroatoms. The third-order valence-electron chi connectivity index (χ3n) is 3.75. The normalized spacial score (nSPS) is 37.4. The van der Waals surface area contributed by atoms with E-state index in [9.17, 15) is 4.79 Å². The monoisotopic (exact) mass is 210 g/mol. The SMILES string of the molecule is CC1CCC(NC2CCC(=O)NC2)CC1. The van der Waals surface area contributed by atoms with Crippen LogP contribution in [0.25, 0.3) is 0 Å². The molecule has 0 spiro atoms. The van der Waals surface area contributed by atoms with Crippen molar-refractivity contribution in [3.63, 3.8) is 0 Å². The highest BCUT2D eigenvalue weighted by molar-refractivity contribution is 5.76. The molecular weight excluding hydrogens is 188 g/mol. The lowest BCUT2D eigenvalue weighted by Crippen LogP contribution is -2.49. The molecule has 0 aromatic rings. The van der Waals surface area contributed by atoms with Gasteiger partial charge in [0.25, 0.3) is 0 Å². The summed E-state index contributed by atoms with van der Waals surface area (Å²) in [6, 6.07) is 1.21. The number of amides is 1. The van der Waals surface area contributed by atoms with Crippen molar-refractivity contribution in [2.45, 2.75) is 57.5 Å². The van der Waals surface area contributed by atoms with Crippen LogP contribution in [0, 0.1) is 5.92 Å². The van der Waals surface area contributed by atoms with Crippen molar-refractivity contribution < 1.29 is 4.79 Å². The molecule has 1 saturated heterocycles. The Bertz CT molecular complexity index is 212. The number of nitrogens with one attached hydrogen (secondary N) is 2. The smallest absolute Gasteiger partial charge is 0.220 e. The van der Waals surface area contributed by atoms with E-state index in [-0.39, 0.29) is 5.91 Å². The number of hydrogen-bond acceptors (Lipinski definition) is 2. The summed E-state index contributed by atoms with van der Waals surface area (Å²) in [6.07, 6.45) is 7.05. The molecule has 1 heterocycles. The van der Waals surface area contributed by atoms with Crippen molar-refractivity contribution in [1.29, 1.82) is 0 Å². The average molecular weight is 210 g/mol. The largest absolute Gasteiger partial charge is 0.355 e. The van der Waals surface area contributed by atoms with Gasteiger partial charge in [-0.3, -0.25) is 4.79 Å². The van der Waals surface area contributed by atoms with Gasteiger partial charge in [-0.25, -0.2) is 0 Å². The van der Waals surface area contributed by atoms with Crippen molar-refractivity contribution in [3.05, 3.63) is 0 Å². The van der Waals surface area contributed by atoms with Gasteiger partial charge >= 0.3 is 0 Å². The fraction of sp³-hybridized carbons (Fsp3) is 0.917. The molecule has 0 radical (unpaired) electrons. The molecular formula is C12H22N2O. The predicted molar refractivity (Wildman–Crippen MR) is 60.6 cm³/mol. The quantitative estimate of drug-likeness (QED) is 0.724. The van der Waals surface area contributed by atoms with Crippen LogP contribution in [0.15, 0.2) is 0 Å². The first-order valence-corrected chi connectivity index (χ1v) is 6.27. The minimum Gasteiger partial charge on any atom is -0.355 e. The maximum Gasteiger partial charge on any atom is 0.220 e. The highest BCUT2D eigenvalue weighted by atomic mass is 16.1. The van der Waals surface area contributed by atoms with Gasteiger partial charge in [0.1, 0.15) is 0 Å². The molecule has 15 heavy (non-hydrogen) atoms. The molecule has 2 aliphatic rings. The molecule has 2 rings (SSSR count). The first-order valence-electron chi connectivity index (χ1n) is 6.27. The Balaban J connectivity index is 1.70. The Morgan fingerprint density at radius 2 is 1.87 bits per heavy atom. The van der Waals surface area contributed by atoms with E-state index in [1.807, 2.05) is 0 Å². The van der Waals surface area contributed by atoms with Gasteiger partial charge < -0.3 is 10.6 Å². The molecule has 1 amide bonds. The summed E-state index contributed by atoms with van der Waals surface area (Å²) >= 11 is 0. The standard InChI is InChI=1S/C12H22N2O/c1-9-2-4-10(5-3-9)14-11-6-7-12(15)13-8-11/h9-11,14H,2-8H2,1H3,(H,13,15). The Labute approximate surface area is 92.0 Å². The summed E-state index contributed by atoms with van der Waals surface area (Å²) in [5.74, 6) is 1.12. The van der Waals surface area contributed by atoms with Crippen LogP contribution in [0.1, 0.15) is 45.4 Å². The molecule has 0 aromatic carbocycles. The Hall–Kier alpha value is -0.570. The van der Waals surface area contributed by atoms with Crippen LogP contribution in [0.5, 0.6) is 0 Å². The summed E-state index contributed by atoms with van der Waals surface area (Å²) in [6.45, 7) is 3.17. The zero-order chi connectivity index (χ0) is 10.7. The van der Waals surface area contributed by atoms with Crippen molar-refractivity contribution in [2.24, 2.45) is 5.92 Å². The van der Waals surface area contributed by atoms with Crippen LogP contribution in [0.3, 0.4) is 0 Å². The molecule has 1 aliphatic heterocycles. The second kappa shape index (κ2) is 4.97. The predicted octanol–water partition coefficient (Wildman–Crippen LogP) is 1.43. The summed E-state index contributed by atoms with van der Waals surface area (Å²) < 4.78 is 0. The molecule has 1 atom stereocenters. The summed E-state index contributed by atoms with van der Waals surface area (Å²) in [5.41, 5.74) is 0. The highest BCUT2D eigenvalue weighted by Crippen LogP contribution is 2.24. The van der Waals surface area contributed by atoms with Gasteiger partial charge in [-0.2, -0.15) is 0 Å². The van der Waals surface area contributed by atoms with E-state index in [0.29, 0.717) is 18.5 Å². The molecule has 0 bridgehead atoms. The minimum absolute atomic E-state index is 0.213. The molecule has 0 aromatic heterocycles. The van der Waals surface area contributed by atoms with E-state index in [1.54, 1.807) is 0 Å². The van der Waals surface area contributed by atoms with Gasteiger partial charge in [0, 0.05) is 25.0 Å². The van der Waals surface area contributed by atoms with E-state index < -0.39 is 0 Å². The van der Waals surface area contributed by atoms with E-state index in [2.05, 4.69) is 17.6 Å². The third kappa shape index (κ3) is 3.20. The summed E-state index contributed by atoms with van der Waals surface area (Å²) in [7, 11) is 0. The Morgan fingerprint density at radius 3 is 2.47 bits per heavy atom. The van der Waals surface area contributed by atoms with Crippen LogP contribution >= 0.6 is 0 Å². The van der Waals surface area contributed by atoms with Crippen molar-refractivity contribution >= 4 is 5.91 Å². The van der Waals surface area contributed by atoms with Crippen molar-refractivity contribution in [1.82, 2.24) is 10.6 Å². The molecule has 1 aliphatic carbocycles. The number of rotatable bonds is 2. The third-order valence-corrected chi connectivity index (χ3v) is 3.75. The van der Waals surface area contributed by atoms with Crippen LogP contribution < -0.4 is 10.6 Å². The summed E-state index contributed by atoms with van der Waals surface area (Å²) in [5, 5.41) is 6.61.